The summed E-state index contributed by atoms with van der Waals surface area (Å²) in [4.78, 5) is 14.4. The lowest BCUT2D eigenvalue weighted by Gasteiger charge is -2.25. The van der Waals surface area contributed by atoms with E-state index in [9.17, 15) is 18.0 Å². The molecular weight excluding hydrogens is 369 g/mol. The second kappa shape index (κ2) is 7.38. The van der Waals surface area contributed by atoms with Gasteiger partial charge in [0.1, 0.15) is 0 Å². The molecule has 9 heteroatoms. The van der Waals surface area contributed by atoms with E-state index in [0.717, 1.165) is 36.8 Å². The molecule has 2 aliphatic heterocycles. The van der Waals surface area contributed by atoms with Crippen molar-refractivity contribution in [2.75, 3.05) is 26.2 Å². The van der Waals surface area contributed by atoms with Crippen LogP contribution in [0.1, 0.15) is 49.7 Å². The van der Waals surface area contributed by atoms with Crippen LogP contribution in [-0.4, -0.2) is 46.8 Å². The number of nitrogens with one attached hydrogen (secondary N) is 1. The molecule has 0 saturated carbocycles. The number of halogens is 4. The molecule has 3 rings (SSSR count). The van der Waals surface area contributed by atoms with Crippen molar-refractivity contribution < 1.29 is 18.0 Å². The number of hydrogen-bond acceptors (Lipinski definition) is 3. The summed E-state index contributed by atoms with van der Waals surface area (Å²) in [6.45, 7) is 7.79. The van der Waals surface area contributed by atoms with Crippen LogP contribution in [-0.2, 0) is 11.7 Å². The zero-order valence-corrected chi connectivity index (χ0v) is 16.1. The summed E-state index contributed by atoms with van der Waals surface area (Å²) >= 11 is 0. The van der Waals surface area contributed by atoms with Gasteiger partial charge in [0.2, 0.25) is 0 Å². The quantitative estimate of drug-likeness (QED) is 0.796. The van der Waals surface area contributed by atoms with Gasteiger partial charge in [-0.2, -0.15) is 18.3 Å². The molecule has 1 aromatic rings. The van der Waals surface area contributed by atoms with Crippen LogP contribution < -0.4 is 5.32 Å². The lowest BCUT2D eigenvalue weighted by Crippen LogP contribution is -2.35. The van der Waals surface area contributed by atoms with E-state index < -0.39 is 23.3 Å². The van der Waals surface area contributed by atoms with Gasteiger partial charge in [0.15, 0.2) is 5.69 Å². The van der Waals surface area contributed by atoms with E-state index in [-0.39, 0.29) is 18.0 Å². The summed E-state index contributed by atoms with van der Waals surface area (Å²) < 4.78 is 41.8. The number of hydrogen-bond donors (Lipinski definition) is 1. The Kier molecular flexibility index (Phi) is 5.97. The van der Waals surface area contributed by atoms with Gasteiger partial charge in [0, 0.05) is 13.1 Å². The fourth-order valence-electron chi connectivity index (χ4n) is 3.88. The number of fused-ring (bicyclic) bond motifs is 1. The van der Waals surface area contributed by atoms with Crippen molar-refractivity contribution in [2.45, 2.75) is 45.3 Å². The number of amides is 1. The number of likely N-dealkylation sites (tertiary alicyclic amines) is 1. The normalized spacial score (nSPS) is 24.0. The highest BCUT2D eigenvalue weighted by atomic mass is 35.5. The van der Waals surface area contributed by atoms with Crippen molar-refractivity contribution >= 4 is 18.3 Å². The smallest absolute Gasteiger partial charge is 0.339 e. The molecule has 5 nitrogen and oxygen atoms in total. The third-order valence-corrected chi connectivity index (χ3v) is 5.21. The molecule has 1 aromatic heterocycles. The first-order valence-electron chi connectivity index (χ1n) is 8.74. The van der Waals surface area contributed by atoms with Crippen LogP contribution in [0.3, 0.4) is 0 Å². The van der Waals surface area contributed by atoms with Crippen LogP contribution >= 0.6 is 12.4 Å². The predicted molar refractivity (Wildman–Crippen MR) is 94.5 cm³/mol. The van der Waals surface area contributed by atoms with Crippen LogP contribution in [0.25, 0.3) is 0 Å². The monoisotopic (exact) mass is 394 g/mol. The average molecular weight is 395 g/mol. The summed E-state index contributed by atoms with van der Waals surface area (Å²) in [6, 6.07) is 0. The first-order valence-corrected chi connectivity index (χ1v) is 8.74. The number of alkyl halides is 3. The minimum atomic E-state index is -4.62. The van der Waals surface area contributed by atoms with Crippen molar-refractivity contribution in [1.29, 1.82) is 0 Å². The minimum Gasteiger partial charge on any atom is -0.339 e. The summed E-state index contributed by atoms with van der Waals surface area (Å²) in [5.74, 6) is 0.463. The molecule has 2 fully saturated rings. The molecule has 26 heavy (non-hydrogen) atoms. The maximum absolute atomic E-state index is 13.6. The van der Waals surface area contributed by atoms with Gasteiger partial charge in [-0.1, -0.05) is 0 Å². The molecular formula is C17H26ClF3N4O. The third-order valence-electron chi connectivity index (χ3n) is 5.21. The highest BCUT2D eigenvalue weighted by Gasteiger charge is 2.43. The first kappa shape index (κ1) is 21.0. The van der Waals surface area contributed by atoms with Gasteiger partial charge >= 0.3 is 6.18 Å². The van der Waals surface area contributed by atoms with Crippen molar-refractivity contribution in [3.8, 4) is 0 Å². The Morgan fingerprint density at radius 2 is 1.69 bits per heavy atom. The zero-order chi connectivity index (χ0) is 18.4. The largest absolute Gasteiger partial charge is 0.433 e. The molecule has 1 N–H and O–H groups in total. The van der Waals surface area contributed by atoms with Crippen LogP contribution in [0.4, 0.5) is 13.2 Å². The fourth-order valence-corrected chi connectivity index (χ4v) is 3.88. The number of rotatable bonds is 1. The van der Waals surface area contributed by atoms with Crippen molar-refractivity contribution in [2.24, 2.45) is 11.8 Å². The van der Waals surface area contributed by atoms with E-state index in [2.05, 4.69) is 10.4 Å². The van der Waals surface area contributed by atoms with Crippen LogP contribution in [0.5, 0.6) is 0 Å². The number of aromatic nitrogens is 2. The van der Waals surface area contributed by atoms with Gasteiger partial charge in [-0.3, -0.25) is 9.48 Å². The predicted octanol–water partition coefficient (Wildman–Crippen LogP) is 3.15. The van der Waals surface area contributed by atoms with Crippen molar-refractivity contribution in [3.63, 3.8) is 0 Å². The van der Waals surface area contributed by atoms with Crippen molar-refractivity contribution in [3.05, 3.63) is 17.5 Å². The number of carbonyl (C=O) groups is 1. The molecule has 0 unspecified atom stereocenters. The first-order chi connectivity index (χ1) is 11.6. The fraction of sp³-hybridized carbons (Fsp3) is 0.765. The highest BCUT2D eigenvalue weighted by Crippen LogP contribution is 2.36. The zero-order valence-electron chi connectivity index (χ0n) is 15.3. The van der Waals surface area contributed by atoms with E-state index in [0.29, 0.717) is 24.9 Å². The molecule has 0 aliphatic carbocycles. The third kappa shape index (κ3) is 4.01. The Bertz CT molecular complexity index is 639. The summed E-state index contributed by atoms with van der Waals surface area (Å²) in [7, 11) is 0. The summed E-state index contributed by atoms with van der Waals surface area (Å²) in [6.07, 6.45) is -1.89. The molecule has 1 amide bonds. The van der Waals surface area contributed by atoms with E-state index in [1.54, 1.807) is 25.7 Å². The summed E-state index contributed by atoms with van der Waals surface area (Å²) in [5.41, 5.74) is -2.14. The lowest BCUT2D eigenvalue weighted by atomic mass is 9.92. The average Bonchev–Trinajstić information content (AvgIpc) is 3.08. The Labute approximate surface area is 157 Å². The van der Waals surface area contributed by atoms with Crippen LogP contribution in [0.2, 0.25) is 0 Å². The van der Waals surface area contributed by atoms with Crippen molar-refractivity contribution in [1.82, 2.24) is 20.0 Å². The van der Waals surface area contributed by atoms with Gasteiger partial charge in [0.05, 0.1) is 17.3 Å². The minimum absolute atomic E-state index is 0. The van der Waals surface area contributed by atoms with E-state index in [1.165, 1.54) is 0 Å². The second-order valence-electron chi connectivity index (χ2n) is 8.04. The molecule has 2 atom stereocenters. The van der Waals surface area contributed by atoms with E-state index in [1.807, 2.05) is 0 Å². The molecule has 148 valence electrons. The number of nitrogens with zero attached hydrogens (tertiary/aromatic N) is 3. The SMILES string of the molecule is CC(C)(C)n1ncc(C(=O)N2CC[C@@H]3CNC[C@@H]3CC2)c1C(F)(F)F.Cl. The number of carbonyl (C=O) groups excluding carboxylic acids is 1. The topological polar surface area (TPSA) is 50.2 Å². The molecule has 0 bridgehead atoms. The molecule has 0 aromatic carbocycles. The Morgan fingerprint density at radius 1 is 1.15 bits per heavy atom. The Morgan fingerprint density at radius 3 is 2.15 bits per heavy atom. The molecule has 0 spiro atoms. The Hall–Kier alpha value is -1.28. The standard InChI is InChI=1S/C17H25F3N4O.ClH/c1-16(2,3)24-14(17(18,19)20)13(10-22-24)15(25)23-6-4-11-8-21-9-12(11)5-7-23;/h10-12,21H,4-9H2,1-3H3;1H/t11-,12+;. The van der Waals surface area contributed by atoms with Gasteiger partial charge in [-0.25, -0.2) is 0 Å². The molecule has 2 aliphatic rings. The Balaban J connectivity index is 0.00000243. The van der Waals surface area contributed by atoms with Gasteiger partial charge in [-0.15, -0.1) is 12.4 Å². The van der Waals surface area contributed by atoms with Gasteiger partial charge in [-0.05, 0) is 58.5 Å². The van der Waals surface area contributed by atoms with E-state index >= 15 is 0 Å². The molecule has 3 heterocycles. The van der Waals surface area contributed by atoms with E-state index in [4.69, 9.17) is 0 Å². The highest BCUT2D eigenvalue weighted by molar-refractivity contribution is 5.95. The maximum Gasteiger partial charge on any atom is 0.433 e. The van der Waals surface area contributed by atoms with Crippen LogP contribution in [0.15, 0.2) is 6.20 Å². The molecule has 0 radical (unpaired) electrons. The van der Waals surface area contributed by atoms with Gasteiger partial charge < -0.3 is 10.2 Å². The summed E-state index contributed by atoms with van der Waals surface area (Å²) in [5, 5.41) is 7.24. The molecule has 2 saturated heterocycles. The second-order valence-corrected chi connectivity index (χ2v) is 8.04. The lowest BCUT2D eigenvalue weighted by molar-refractivity contribution is -0.146. The van der Waals surface area contributed by atoms with Crippen LogP contribution in [0, 0.1) is 11.8 Å². The maximum atomic E-state index is 13.6. The van der Waals surface area contributed by atoms with Gasteiger partial charge in [0.25, 0.3) is 5.91 Å².